The Hall–Kier alpha value is -0.490. The molecule has 0 spiro atoms. The molecule has 1 saturated carbocycles. The molecule has 20 heavy (non-hydrogen) atoms. The molecule has 0 amide bonds. The van der Waals surface area contributed by atoms with E-state index in [0.29, 0.717) is 6.54 Å². The van der Waals surface area contributed by atoms with Crippen molar-refractivity contribution in [3.8, 4) is 0 Å². The highest BCUT2D eigenvalue weighted by Crippen LogP contribution is 2.31. The fourth-order valence-corrected chi connectivity index (χ4v) is 2.13. The highest BCUT2D eigenvalue weighted by Gasteiger charge is 2.20. The van der Waals surface area contributed by atoms with Crippen molar-refractivity contribution in [2.75, 3.05) is 13.1 Å². The van der Waals surface area contributed by atoms with E-state index in [2.05, 4.69) is 22.5 Å². The van der Waals surface area contributed by atoms with Gasteiger partial charge < -0.3 is 10.6 Å². The van der Waals surface area contributed by atoms with Gasteiger partial charge in [0.2, 0.25) is 0 Å². The first-order valence-corrected chi connectivity index (χ1v) is 7.43. The number of rotatable bonds is 6. The summed E-state index contributed by atoms with van der Waals surface area (Å²) >= 11 is 6.13. The summed E-state index contributed by atoms with van der Waals surface area (Å²) in [6.45, 7) is 4.56. The molecule has 1 fully saturated rings. The zero-order valence-electron chi connectivity index (χ0n) is 11.9. The second-order valence-electron chi connectivity index (χ2n) is 4.95. The lowest BCUT2D eigenvalue weighted by Crippen LogP contribution is -2.37. The maximum Gasteiger partial charge on any atom is 0.191 e. The van der Waals surface area contributed by atoms with Gasteiger partial charge in [-0.15, -0.1) is 24.0 Å². The Morgan fingerprint density at radius 2 is 2.05 bits per heavy atom. The molecule has 0 atom stereocenters. The van der Waals surface area contributed by atoms with Gasteiger partial charge in [-0.1, -0.05) is 42.6 Å². The maximum absolute atomic E-state index is 6.13. The summed E-state index contributed by atoms with van der Waals surface area (Å²) in [4.78, 5) is 4.57. The van der Waals surface area contributed by atoms with E-state index in [1.165, 1.54) is 19.3 Å². The predicted molar refractivity (Wildman–Crippen MR) is 97.0 cm³/mol. The Morgan fingerprint density at radius 1 is 1.30 bits per heavy atom. The van der Waals surface area contributed by atoms with Crippen molar-refractivity contribution in [2.45, 2.75) is 32.7 Å². The van der Waals surface area contributed by atoms with Gasteiger partial charge >= 0.3 is 0 Å². The van der Waals surface area contributed by atoms with E-state index in [-0.39, 0.29) is 24.0 Å². The van der Waals surface area contributed by atoms with Gasteiger partial charge in [-0.05, 0) is 30.9 Å². The Labute approximate surface area is 143 Å². The predicted octanol–water partition coefficient (Wildman–Crippen LogP) is 3.81. The minimum atomic E-state index is 0. The lowest BCUT2D eigenvalue weighted by molar-refractivity contribution is 0.685. The van der Waals surface area contributed by atoms with Gasteiger partial charge in [0.25, 0.3) is 0 Å². The summed E-state index contributed by atoms with van der Waals surface area (Å²) in [6.07, 6.45) is 4.04. The normalized spacial score (nSPS) is 14.6. The van der Waals surface area contributed by atoms with Gasteiger partial charge in [-0.2, -0.15) is 0 Å². The third-order valence-electron chi connectivity index (χ3n) is 3.25. The summed E-state index contributed by atoms with van der Waals surface area (Å²) in [5.41, 5.74) is 1.06. The van der Waals surface area contributed by atoms with Crippen molar-refractivity contribution in [3.63, 3.8) is 0 Å². The fraction of sp³-hybridized carbons (Fsp3) is 0.533. The molecule has 2 N–H and O–H groups in total. The van der Waals surface area contributed by atoms with Gasteiger partial charge in [0, 0.05) is 18.1 Å². The summed E-state index contributed by atoms with van der Waals surface area (Å²) in [5.74, 6) is 1.82. The standard InChI is InChI=1S/C15H22ClN3.HI/c1-2-17-15(18-10-9-12-7-8-12)19-11-13-5-3-4-6-14(13)16;/h3-6,12H,2,7-11H2,1H3,(H2,17,18,19);1H. The average molecular weight is 408 g/mol. The number of hydrogen-bond donors (Lipinski definition) is 2. The van der Waals surface area contributed by atoms with Crippen molar-refractivity contribution < 1.29 is 0 Å². The maximum atomic E-state index is 6.13. The molecule has 0 aromatic heterocycles. The number of guanidine groups is 1. The Morgan fingerprint density at radius 3 is 2.70 bits per heavy atom. The van der Waals surface area contributed by atoms with Crippen LogP contribution >= 0.6 is 35.6 Å². The van der Waals surface area contributed by atoms with Crippen molar-refractivity contribution in [3.05, 3.63) is 34.9 Å². The van der Waals surface area contributed by atoms with Crippen molar-refractivity contribution >= 4 is 41.5 Å². The summed E-state index contributed by atoms with van der Waals surface area (Å²) in [7, 11) is 0. The molecule has 0 bridgehead atoms. The Bertz CT molecular complexity index is 433. The van der Waals surface area contributed by atoms with Gasteiger partial charge in [0.15, 0.2) is 5.96 Å². The summed E-state index contributed by atoms with van der Waals surface area (Å²) in [5, 5.41) is 7.42. The molecular weight excluding hydrogens is 385 g/mol. The first-order valence-electron chi connectivity index (χ1n) is 7.05. The Balaban J connectivity index is 0.00000200. The van der Waals surface area contributed by atoms with Crippen LogP contribution in [0.25, 0.3) is 0 Å². The minimum Gasteiger partial charge on any atom is -0.357 e. The van der Waals surface area contributed by atoms with E-state index in [0.717, 1.165) is 35.6 Å². The van der Waals surface area contributed by atoms with Crippen LogP contribution in [-0.2, 0) is 6.54 Å². The van der Waals surface area contributed by atoms with Gasteiger partial charge in [0.05, 0.1) is 6.54 Å². The van der Waals surface area contributed by atoms with Crippen LogP contribution in [0, 0.1) is 5.92 Å². The van der Waals surface area contributed by atoms with Crippen molar-refractivity contribution in [1.29, 1.82) is 0 Å². The highest BCUT2D eigenvalue weighted by molar-refractivity contribution is 14.0. The molecule has 1 aromatic rings. The first-order chi connectivity index (χ1) is 9.29. The quantitative estimate of drug-likeness (QED) is 0.427. The molecular formula is C15H23ClIN3. The fourth-order valence-electron chi connectivity index (χ4n) is 1.93. The molecule has 1 aliphatic carbocycles. The zero-order valence-corrected chi connectivity index (χ0v) is 14.9. The lowest BCUT2D eigenvalue weighted by Gasteiger charge is -2.11. The number of hydrogen-bond acceptors (Lipinski definition) is 1. The molecule has 0 unspecified atom stereocenters. The third-order valence-corrected chi connectivity index (χ3v) is 3.62. The topological polar surface area (TPSA) is 36.4 Å². The number of nitrogens with zero attached hydrogens (tertiary/aromatic N) is 1. The molecule has 5 heteroatoms. The molecule has 0 heterocycles. The lowest BCUT2D eigenvalue weighted by atomic mass is 10.2. The number of nitrogens with one attached hydrogen (secondary N) is 2. The second kappa shape index (κ2) is 9.45. The summed E-state index contributed by atoms with van der Waals surface area (Å²) < 4.78 is 0. The van der Waals surface area contributed by atoms with Crippen LogP contribution in [0.1, 0.15) is 31.7 Å². The molecule has 1 aliphatic rings. The summed E-state index contributed by atoms with van der Waals surface area (Å²) in [6, 6.07) is 7.85. The number of benzene rings is 1. The highest BCUT2D eigenvalue weighted by atomic mass is 127. The van der Waals surface area contributed by atoms with E-state index in [1.54, 1.807) is 0 Å². The smallest absolute Gasteiger partial charge is 0.191 e. The van der Waals surface area contributed by atoms with E-state index in [1.807, 2.05) is 24.3 Å². The molecule has 112 valence electrons. The van der Waals surface area contributed by atoms with E-state index < -0.39 is 0 Å². The minimum absolute atomic E-state index is 0. The first kappa shape index (κ1) is 17.6. The molecule has 2 rings (SSSR count). The Kier molecular flexibility index (Phi) is 8.30. The van der Waals surface area contributed by atoms with Gasteiger partial charge in [-0.3, -0.25) is 0 Å². The molecule has 0 saturated heterocycles. The largest absolute Gasteiger partial charge is 0.357 e. The van der Waals surface area contributed by atoms with Crippen LogP contribution in [0.4, 0.5) is 0 Å². The van der Waals surface area contributed by atoms with E-state index >= 15 is 0 Å². The van der Waals surface area contributed by atoms with Crippen LogP contribution in [-0.4, -0.2) is 19.0 Å². The zero-order chi connectivity index (χ0) is 13.5. The van der Waals surface area contributed by atoms with Crippen molar-refractivity contribution in [2.24, 2.45) is 10.9 Å². The second-order valence-corrected chi connectivity index (χ2v) is 5.35. The SMILES string of the molecule is CCNC(=NCc1ccccc1Cl)NCCC1CC1.I. The van der Waals surface area contributed by atoms with Crippen LogP contribution in [0.3, 0.4) is 0 Å². The molecule has 3 nitrogen and oxygen atoms in total. The van der Waals surface area contributed by atoms with Crippen LogP contribution in [0.2, 0.25) is 5.02 Å². The molecule has 0 aliphatic heterocycles. The van der Waals surface area contributed by atoms with E-state index in [4.69, 9.17) is 11.6 Å². The van der Waals surface area contributed by atoms with Crippen LogP contribution in [0.5, 0.6) is 0 Å². The molecule has 1 aromatic carbocycles. The molecule has 0 radical (unpaired) electrons. The average Bonchev–Trinajstić information content (AvgIpc) is 3.22. The van der Waals surface area contributed by atoms with Crippen molar-refractivity contribution in [1.82, 2.24) is 10.6 Å². The third kappa shape index (κ3) is 6.31. The number of halogens is 2. The van der Waals surface area contributed by atoms with Gasteiger partial charge in [0.1, 0.15) is 0 Å². The van der Waals surface area contributed by atoms with Crippen LogP contribution in [0.15, 0.2) is 29.3 Å². The van der Waals surface area contributed by atoms with E-state index in [9.17, 15) is 0 Å². The van der Waals surface area contributed by atoms with Gasteiger partial charge in [-0.25, -0.2) is 4.99 Å². The van der Waals surface area contributed by atoms with Crippen LogP contribution < -0.4 is 10.6 Å². The number of aliphatic imine (C=N–C) groups is 1. The monoisotopic (exact) mass is 407 g/mol.